The summed E-state index contributed by atoms with van der Waals surface area (Å²) in [6.07, 6.45) is 2.93. The van der Waals surface area contributed by atoms with Crippen LogP contribution in [0.5, 0.6) is 0 Å². The molecule has 1 unspecified atom stereocenters. The van der Waals surface area contributed by atoms with Crippen LogP contribution < -0.4 is 0 Å². The SMILES string of the molecule is CC(C1CC1)N(C)CCI. The molecule has 10 heavy (non-hydrogen) atoms. The maximum Gasteiger partial charge on any atom is 0.0123 e. The second-order valence-corrected chi connectivity index (χ2v) is 4.33. The van der Waals surface area contributed by atoms with Gasteiger partial charge in [-0.1, -0.05) is 22.6 Å². The second-order valence-electron chi connectivity index (χ2n) is 3.25. The molecular weight excluding hydrogens is 237 g/mol. The van der Waals surface area contributed by atoms with E-state index in [9.17, 15) is 0 Å². The van der Waals surface area contributed by atoms with E-state index < -0.39 is 0 Å². The van der Waals surface area contributed by atoms with E-state index in [-0.39, 0.29) is 0 Å². The Morgan fingerprint density at radius 2 is 2.20 bits per heavy atom. The summed E-state index contributed by atoms with van der Waals surface area (Å²) >= 11 is 2.44. The second kappa shape index (κ2) is 3.90. The van der Waals surface area contributed by atoms with Gasteiger partial charge in [0, 0.05) is 17.0 Å². The van der Waals surface area contributed by atoms with Crippen LogP contribution >= 0.6 is 22.6 Å². The van der Waals surface area contributed by atoms with E-state index >= 15 is 0 Å². The molecule has 0 heterocycles. The highest BCUT2D eigenvalue weighted by Crippen LogP contribution is 2.34. The Bertz CT molecular complexity index is 101. The predicted octanol–water partition coefficient (Wildman–Crippen LogP) is 2.15. The normalized spacial score (nSPS) is 21.6. The van der Waals surface area contributed by atoms with E-state index in [0.29, 0.717) is 0 Å². The molecule has 1 aliphatic rings. The molecule has 1 aliphatic carbocycles. The molecule has 0 amide bonds. The average molecular weight is 253 g/mol. The van der Waals surface area contributed by atoms with Gasteiger partial charge in [0.25, 0.3) is 0 Å². The number of hydrogen-bond donors (Lipinski definition) is 0. The van der Waals surface area contributed by atoms with Crippen LogP contribution in [0, 0.1) is 5.92 Å². The fourth-order valence-electron chi connectivity index (χ4n) is 1.28. The fraction of sp³-hybridized carbons (Fsp3) is 1.00. The third-order valence-corrected chi connectivity index (χ3v) is 2.92. The Kier molecular flexibility index (Phi) is 3.43. The molecule has 0 aromatic carbocycles. The first-order valence-electron chi connectivity index (χ1n) is 4.02. The van der Waals surface area contributed by atoms with E-state index in [1.165, 1.54) is 23.8 Å². The van der Waals surface area contributed by atoms with Gasteiger partial charge in [0.2, 0.25) is 0 Å². The van der Waals surface area contributed by atoms with E-state index in [1.807, 2.05) is 0 Å². The number of hydrogen-bond acceptors (Lipinski definition) is 1. The number of halogens is 1. The molecular formula is C8H16IN. The van der Waals surface area contributed by atoms with Crippen molar-refractivity contribution < 1.29 is 0 Å². The Balaban J connectivity index is 2.17. The predicted molar refractivity (Wildman–Crippen MR) is 53.7 cm³/mol. The van der Waals surface area contributed by atoms with Crippen LogP contribution in [-0.4, -0.2) is 29.0 Å². The maximum absolute atomic E-state index is 2.48. The van der Waals surface area contributed by atoms with Gasteiger partial charge in [0.15, 0.2) is 0 Å². The smallest absolute Gasteiger partial charge is 0.0123 e. The highest BCUT2D eigenvalue weighted by Gasteiger charge is 2.29. The van der Waals surface area contributed by atoms with Crippen molar-refractivity contribution in [3.05, 3.63) is 0 Å². The molecule has 0 aromatic rings. The number of nitrogens with zero attached hydrogens (tertiary/aromatic N) is 1. The van der Waals surface area contributed by atoms with Crippen molar-refractivity contribution in [2.75, 3.05) is 18.0 Å². The zero-order valence-electron chi connectivity index (χ0n) is 6.81. The van der Waals surface area contributed by atoms with E-state index in [4.69, 9.17) is 0 Å². The van der Waals surface area contributed by atoms with Gasteiger partial charge in [-0.15, -0.1) is 0 Å². The van der Waals surface area contributed by atoms with Gasteiger partial charge in [-0.3, -0.25) is 0 Å². The lowest BCUT2D eigenvalue weighted by Crippen LogP contribution is -2.32. The highest BCUT2D eigenvalue weighted by atomic mass is 127. The quantitative estimate of drug-likeness (QED) is 0.548. The molecule has 0 bridgehead atoms. The third kappa shape index (κ3) is 2.38. The number of alkyl halides is 1. The summed E-state index contributed by atoms with van der Waals surface area (Å²) in [6.45, 7) is 3.60. The molecule has 0 aliphatic heterocycles. The van der Waals surface area contributed by atoms with Crippen LogP contribution in [-0.2, 0) is 0 Å². The minimum absolute atomic E-state index is 0.828. The summed E-state index contributed by atoms with van der Waals surface area (Å²) in [7, 11) is 2.24. The Hall–Kier alpha value is 0.690. The molecule has 1 fully saturated rings. The highest BCUT2D eigenvalue weighted by molar-refractivity contribution is 14.1. The summed E-state index contributed by atoms with van der Waals surface area (Å²) in [6, 6.07) is 0.828. The zero-order chi connectivity index (χ0) is 7.56. The van der Waals surface area contributed by atoms with Crippen molar-refractivity contribution >= 4 is 22.6 Å². The Morgan fingerprint density at radius 3 is 2.60 bits per heavy atom. The molecule has 1 atom stereocenters. The van der Waals surface area contributed by atoms with Crippen LogP contribution in [0.3, 0.4) is 0 Å². The molecule has 60 valence electrons. The van der Waals surface area contributed by atoms with Gasteiger partial charge in [-0.25, -0.2) is 0 Å². The summed E-state index contributed by atoms with van der Waals surface area (Å²) < 4.78 is 1.26. The van der Waals surface area contributed by atoms with Gasteiger partial charge >= 0.3 is 0 Å². The van der Waals surface area contributed by atoms with E-state index in [0.717, 1.165) is 12.0 Å². The van der Waals surface area contributed by atoms with Crippen molar-refractivity contribution in [1.82, 2.24) is 4.90 Å². The minimum atomic E-state index is 0.828. The lowest BCUT2D eigenvalue weighted by molar-refractivity contribution is 0.250. The Labute approximate surface area is 77.3 Å². The molecule has 1 nitrogen and oxygen atoms in total. The van der Waals surface area contributed by atoms with Gasteiger partial charge in [-0.05, 0) is 32.7 Å². The molecule has 0 radical (unpaired) electrons. The molecule has 0 saturated heterocycles. The van der Waals surface area contributed by atoms with Crippen LogP contribution in [0.15, 0.2) is 0 Å². The Morgan fingerprint density at radius 1 is 1.60 bits per heavy atom. The lowest BCUT2D eigenvalue weighted by atomic mass is 10.2. The lowest BCUT2D eigenvalue weighted by Gasteiger charge is -2.23. The zero-order valence-corrected chi connectivity index (χ0v) is 8.97. The van der Waals surface area contributed by atoms with Gasteiger partial charge in [-0.2, -0.15) is 0 Å². The summed E-state index contributed by atoms with van der Waals surface area (Å²) in [4.78, 5) is 2.48. The van der Waals surface area contributed by atoms with E-state index in [1.54, 1.807) is 0 Å². The van der Waals surface area contributed by atoms with Crippen LogP contribution in [0.1, 0.15) is 19.8 Å². The maximum atomic E-state index is 2.48. The van der Waals surface area contributed by atoms with Crippen molar-refractivity contribution in [2.24, 2.45) is 5.92 Å². The number of rotatable bonds is 4. The first-order valence-corrected chi connectivity index (χ1v) is 5.54. The van der Waals surface area contributed by atoms with Crippen molar-refractivity contribution in [2.45, 2.75) is 25.8 Å². The van der Waals surface area contributed by atoms with Crippen molar-refractivity contribution in [3.63, 3.8) is 0 Å². The molecule has 1 saturated carbocycles. The van der Waals surface area contributed by atoms with Gasteiger partial charge < -0.3 is 4.90 Å². The molecule has 0 aromatic heterocycles. The molecule has 1 rings (SSSR count). The topological polar surface area (TPSA) is 3.24 Å². The fourth-order valence-corrected chi connectivity index (χ4v) is 2.04. The summed E-state index contributed by atoms with van der Waals surface area (Å²) in [5.74, 6) is 1.02. The first-order chi connectivity index (χ1) is 4.75. The minimum Gasteiger partial charge on any atom is -0.303 e. The van der Waals surface area contributed by atoms with Crippen molar-refractivity contribution in [1.29, 1.82) is 0 Å². The monoisotopic (exact) mass is 253 g/mol. The van der Waals surface area contributed by atoms with E-state index in [2.05, 4.69) is 41.5 Å². The van der Waals surface area contributed by atoms with Gasteiger partial charge in [0.1, 0.15) is 0 Å². The van der Waals surface area contributed by atoms with Crippen LogP contribution in [0.4, 0.5) is 0 Å². The van der Waals surface area contributed by atoms with Crippen LogP contribution in [0.25, 0.3) is 0 Å². The van der Waals surface area contributed by atoms with Crippen LogP contribution in [0.2, 0.25) is 0 Å². The van der Waals surface area contributed by atoms with Gasteiger partial charge in [0.05, 0.1) is 0 Å². The molecule has 0 spiro atoms. The average Bonchev–Trinajstić information content (AvgIpc) is 2.68. The largest absolute Gasteiger partial charge is 0.303 e. The first kappa shape index (κ1) is 8.78. The molecule has 2 heteroatoms. The van der Waals surface area contributed by atoms with Crippen molar-refractivity contribution in [3.8, 4) is 0 Å². The summed E-state index contributed by atoms with van der Waals surface area (Å²) in [5, 5.41) is 0. The molecule has 0 N–H and O–H groups in total. The standard InChI is InChI=1S/C8H16IN/c1-7(8-3-4-8)10(2)6-5-9/h7-8H,3-6H2,1-2H3. The third-order valence-electron chi connectivity index (χ3n) is 2.44. The summed E-state index contributed by atoms with van der Waals surface area (Å²) in [5.41, 5.74) is 0.